The minimum Gasteiger partial charge on any atom is -0.496 e. The van der Waals surface area contributed by atoms with Gasteiger partial charge in [0.25, 0.3) is 5.91 Å². The van der Waals surface area contributed by atoms with Crippen molar-refractivity contribution in [3.8, 4) is 5.75 Å². The van der Waals surface area contributed by atoms with Gasteiger partial charge in [0.05, 0.1) is 12.0 Å². The molecule has 130 valence electrons. The normalized spacial score (nSPS) is 24.3. The first-order valence-electron chi connectivity index (χ1n) is 8.67. The van der Waals surface area contributed by atoms with Crippen LogP contribution in [0.3, 0.4) is 0 Å². The first kappa shape index (κ1) is 16.5. The molecule has 2 bridgehead atoms. The Kier molecular flexibility index (Phi) is 4.68. The molecule has 25 heavy (non-hydrogen) atoms. The molecule has 2 aromatic rings. The van der Waals surface area contributed by atoms with Crippen LogP contribution in [-0.4, -0.2) is 43.6 Å². The third-order valence-corrected chi connectivity index (χ3v) is 6.13. The number of benzene rings is 2. The van der Waals surface area contributed by atoms with E-state index in [4.69, 9.17) is 4.74 Å². The number of ether oxygens (including phenoxy) is 1. The van der Waals surface area contributed by atoms with Gasteiger partial charge in [0, 0.05) is 29.6 Å². The summed E-state index contributed by atoms with van der Waals surface area (Å²) in [4.78, 5) is 17.1. The number of piperidine rings is 1. The lowest BCUT2D eigenvalue weighted by molar-refractivity contribution is 0.0924. The second-order valence-corrected chi connectivity index (χ2v) is 7.78. The van der Waals surface area contributed by atoms with Crippen molar-refractivity contribution in [2.45, 2.75) is 22.3 Å². The quantitative estimate of drug-likeness (QED) is 0.895. The molecule has 1 N–H and O–H groups in total. The predicted molar refractivity (Wildman–Crippen MR) is 99.4 cm³/mol. The van der Waals surface area contributed by atoms with Gasteiger partial charge in [-0.15, -0.1) is 0 Å². The number of nitrogens with zero attached hydrogens (tertiary/aromatic N) is 1. The number of carbonyl (C=O) groups is 1. The van der Waals surface area contributed by atoms with Crippen LogP contribution in [0.1, 0.15) is 16.8 Å². The summed E-state index contributed by atoms with van der Waals surface area (Å²) in [6, 6.07) is 16.1. The van der Waals surface area contributed by atoms with Crippen LogP contribution < -0.4 is 10.1 Å². The zero-order valence-electron chi connectivity index (χ0n) is 14.3. The van der Waals surface area contributed by atoms with Crippen molar-refractivity contribution in [2.24, 2.45) is 5.92 Å². The van der Waals surface area contributed by atoms with E-state index in [0.717, 1.165) is 34.2 Å². The summed E-state index contributed by atoms with van der Waals surface area (Å²) in [6.45, 7) is 3.32. The molecule has 3 unspecified atom stereocenters. The zero-order chi connectivity index (χ0) is 17.2. The van der Waals surface area contributed by atoms with Crippen molar-refractivity contribution in [2.75, 3.05) is 26.7 Å². The highest BCUT2D eigenvalue weighted by atomic mass is 32.2. The van der Waals surface area contributed by atoms with Gasteiger partial charge >= 0.3 is 0 Å². The lowest BCUT2D eigenvalue weighted by Gasteiger charge is -2.23. The van der Waals surface area contributed by atoms with E-state index >= 15 is 0 Å². The Hall–Kier alpha value is -1.98. The van der Waals surface area contributed by atoms with Crippen LogP contribution in [0, 0.1) is 5.92 Å². The molecular weight excluding hydrogens is 332 g/mol. The fraction of sp³-hybridized carbons (Fsp3) is 0.350. The molecule has 0 radical (unpaired) electrons. The molecule has 2 aliphatic rings. The largest absolute Gasteiger partial charge is 0.496 e. The van der Waals surface area contributed by atoms with E-state index in [-0.39, 0.29) is 5.91 Å². The van der Waals surface area contributed by atoms with Gasteiger partial charge in [-0.1, -0.05) is 23.9 Å². The Bertz CT molecular complexity index is 763. The van der Waals surface area contributed by atoms with Gasteiger partial charge in [-0.2, -0.15) is 0 Å². The Morgan fingerprint density at radius 2 is 1.96 bits per heavy atom. The number of amides is 1. The average molecular weight is 354 g/mol. The molecule has 5 heteroatoms. The van der Waals surface area contributed by atoms with Gasteiger partial charge in [0.1, 0.15) is 5.75 Å². The molecule has 2 saturated heterocycles. The smallest absolute Gasteiger partial charge is 0.251 e. The summed E-state index contributed by atoms with van der Waals surface area (Å²) < 4.78 is 5.39. The van der Waals surface area contributed by atoms with E-state index < -0.39 is 0 Å². The number of nitrogens with one attached hydrogen (secondary N) is 1. The maximum Gasteiger partial charge on any atom is 0.251 e. The number of rotatable bonds is 5. The fourth-order valence-electron chi connectivity index (χ4n) is 3.70. The monoisotopic (exact) mass is 354 g/mol. The van der Waals surface area contributed by atoms with Gasteiger partial charge in [-0.3, -0.25) is 4.79 Å². The lowest BCUT2D eigenvalue weighted by Crippen LogP contribution is -2.43. The summed E-state index contributed by atoms with van der Waals surface area (Å²) >= 11 is 1.64. The zero-order valence-corrected chi connectivity index (χ0v) is 15.1. The lowest BCUT2D eigenvalue weighted by atomic mass is 9.99. The highest BCUT2D eigenvalue weighted by Crippen LogP contribution is 2.34. The molecule has 2 aliphatic heterocycles. The molecule has 2 fully saturated rings. The molecule has 3 atom stereocenters. The van der Waals surface area contributed by atoms with Crippen LogP contribution in [0.5, 0.6) is 5.75 Å². The van der Waals surface area contributed by atoms with Gasteiger partial charge in [0.2, 0.25) is 0 Å². The summed E-state index contributed by atoms with van der Waals surface area (Å²) in [5.74, 6) is 1.53. The van der Waals surface area contributed by atoms with E-state index in [1.165, 1.54) is 13.0 Å². The average Bonchev–Trinajstić information content (AvgIpc) is 3.26. The maximum atomic E-state index is 12.5. The van der Waals surface area contributed by atoms with Crippen molar-refractivity contribution in [3.63, 3.8) is 0 Å². The summed E-state index contributed by atoms with van der Waals surface area (Å²) in [5, 5.41) is 3.21. The molecule has 0 saturated carbocycles. The third-order valence-electron chi connectivity index (χ3n) is 5.06. The molecule has 0 spiro atoms. The molecular formula is C20H22N2O2S. The molecule has 1 amide bonds. The second-order valence-electron chi connectivity index (χ2n) is 6.67. The minimum absolute atomic E-state index is 0.0348. The number of hydrogen-bond donors (Lipinski definition) is 1. The molecule has 0 aromatic heterocycles. The topological polar surface area (TPSA) is 41.6 Å². The Morgan fingerprint density at radius 1 is 1.16 bits per heavy atom. The summed E-state index contributed by atoms with van der Waals surface area (Å²) in [6.07, 6.45) is 1.21. The van der Waals surface area contributed by atoms with Gasteiger partial charge < -0.3 is 15.0 Å². The van der Waals surface area contributed by atoms with Crippen LogP contribution in [0.4, 0.5) is 0 Å². The van der Waals surface area contributed by atoms with Crippen molar-refractivity contribution in [3.05, 3.63) is 54.1 Å². The van der Waals surface area contributed by atoms with E-state index in [0.29, 0.717) is 12.0 Å². The van der Waals surface area contributed by atoms with Crippen molar-refractivity contribution in [1.29, 1.82) is 0 Å². The third kappa shape index (κ3) is 3.53. The van der Waals surface area contributed by atoms with E-state index in [2.05, 4.69) is 10.2 Å². The molecule has 0 aliphatic carbocycles. The van der Waals surface area contributed by atoms with Gasteiger partial charge in [-0.05, 0) is 55.3 Å². The highest BCUT2D eigenvalue weighted by Gasteiger charge is 2.38. The number of hydrogen-bond acceptors (Lipinski definition) is 4. The first-order chi connectivity index (χ1) is 12.2. The minimum atomic E-state index is 0.0348. The standard InChI is InChI=1S/C20H22N2O2S/c1-24-18-4-2-3-5-19(18)25-16-8-6-14(7-9-16)20(23)21-17-13-22-11-10-15(17)12-22/h2-9,15,17H,10-13H2,1H3,(H,21,23). The molecule has 4 rings (SSSR count). The predicted octanol–water partition coefficient (Wildman–Crippen LogP) is 3.28. The molecule has 4 nitrogen and oxygen atoms in total. The number of methoxy groups -OCH3 is 1. The number of carbonyl (C=O) groups excluding carboxylic acids is 1. The molecule has 2 aromatic carbocycles. The SMILES string of the molecule is COc1ccccc1Sc1ccc(C(=O)NC2CN3CCC2C3)cc1. The Labute approximate surface area is 152 Å². The second kappa shape index (κ2) is 7.10. The van der Waals surface area contributed by atoms with Crippen LogP contribution in [0.25, 0.3) is 0 Å². The molecule has 2 heterocycles. The van der Waals surface area contributed by atoms with Crippen LogP contribution >= 0.6 is 11.8 Å². The van der Waals surface area contributed by atoms with Crippen molar-refractivity contribution >= 4 is 17.7 Å². The highest BCUT2D eigenvalue weighted by molar-refractivity contribution is 7.99. The number of fused-ring (bicyclic) bond motifs is 2. The Balaban J connectivity index is 1.40. The summed E-state index contributed by atoms with van der Waals surface area (Å²) in [5.41, 5.74) is 0.724. The maximum absolute atomic E-state index is 12.5. The van der Waals surface area contributed by atoms with Crippen molar-refractivity contribution in [1.82, 2.24) is 10.2 Å². The Morgan fingerprint density at radius 3 is 2.64 bits per heavy atom. The van der Waals surface area contributed by atoms with Crippen molar-refractivity contribution < 1.29 is 9.53 Å². The van der Waals surface area contributed by atoms with Crippen LogP contribution in [0.2, 0.25) is 0 Å². The van der Waals surface area contributed by atoms with E-state index in [1.54, 1.807) is 18.9 Å². The van der Waals surface area contributed by atoms with E-state index in [9.17, 15) is 4.79 Å². The summed E-state index contributed by atoms with van der Waals surface area (Å²) in [7, 11) is 1.68. The van der Waals surface area contributed by atoms with Crippen LogP contribution in [0.15, 0.2) is 58.3 Å². The fourth-order valence-corrected chi connectivity index (χ4v) is 4.63. The number of para-hydroxylation sites is 1. The van der Waals surface area contributed by atoms with Gasteiger partial charge in [0.15, 0.2) is 0 Å². The van der Waals surface area contributed by atoms with Crippen LogP contribution in [-0.2, 0) is 0 Å². The van der Waals surface area contributed by atoms with E-state index in [1.807, 2.05) is 48.5 Å². The van der Waals surface area contributed by atoms with Gasteiger partial charge in [-0.25, -0.2) is 0 Å². The first-order valence-corrected chi connectivity index (χ1v) is 9.49.